The summed E-state index contributed by atoms with van der Waals surface area (Å²) < 4.78 is 5.26. The van der Waals surface area contributed by atoms with Gasteiger partial charge in [0.25, 0.3) is 11.8 Å². The van der Waals surface area contributed by atoms with E-state index in [0.29, 0.717) is 6.73 Å². The molecule has 1 aliphatic rings. The molecule has 0 spiro atoms. The average molecular weight is 329 g/mol. The first-order valence-electron chi connectivity index (χ1n) is 8.26. The van der Waals surface area contributed by atoms with Gasteiger partial charge in [0.2, 0.25) is 0 Å². The molecule has 1 heterocycles. The zero-order valence-electron chi connectivity index (χ0n) is 14.6. The number of likely N-dealkylation sites (N-methyl/N-ethyl adjacent to an activating group) is 1. The molecule has 0 saturated carbocycles. The molecule has 0 atom stereocenters. The number of unbranched alkanes of at least 4 members (excludes halogenated alkanes) is 2. The fourth-order valence-corrected chi connectivity index (χ4v) is 1.54. The van der Waals surface area contributed by atoms with Gasteiger partial charge in [-0.05, 0) is 12.8 Å². The monoisotopic (exact) mass is 329 g/mol. The van der Waals surface area contributed by atoms with Crippen LogP contribution in [0.3, 0.4) is 0 Å². The lowest BCUT2D eigenvalue weighted by Gasteiger charge is -2.07. The lowest BCUT2D eigenvalue weighted by molar-refractivity contribution is -0.135. The van der Waals surface area contributed by atoms with Crippen molar-refractivity contribution in [2.24, 2.45) is 0 Å². The summed E-state index contributed by atoms with van der Waals surface area (Å²) in [6.45, 7) is 8.25. The van der Waals surface area contributed by atoms with Crippen LogP contribution in [-0.2, 0) is 19.2 Å². The normalized spacial score (nSPS) is 13.4. The van der Waals surface area contributed by atoms with E-state index >= 15 is 0 Å². The van der Waals surface area contributed by atoms with Crippen LogP contribution in [0.15, 0.2) is 12.2 Å². The van der Waals surface area contributed by atoms with Crippen LogP contribution in [0.1, 0.15) is 39.5 Å². The van der Waals surface area contributed by atoms with Crippen molar-refractivity contribution >= 4 is 11.8 Å². The highest BCUT2D eigenvalue weighted by molar-refractivity contribution is 6.12. The van der Waals surface area contributed by atoms with Crippen molar-refractivity contribution in [3.05, 3.63) is 12.2 Å². The Balaban J connectivity index is 0.000000502. The van der Waals surface area contributed by atoms with E-state index in [-0.39, 0.29) is 11.8 Å². The van der Waals surface area contributed by atoms with Crippen molar-refractivity contribution in [2.45, 2.75) is 39.5 Å². The van der Waals surface area contributed by atoms with E-state index in [4.69, 9.17) is 9.57 Å². The molecule has 1 rings (SSSR count). The van der Waals surface area contributed by atoms with Crippen molar-refractivity contribution in [3.63, 3.8) is 0 Å². The van der Waals surface area contributed by atoms with E-state index in [1.807, 2.05) is 0 Å². The number of hydroxylamine groups is 1. The van der Waals surface area contributed by atoms with E-state index in [1.165, 1.54) is 32.0 Å². The standard InChI is InChI=1S/C11H26N2O2.C5H5NO2/c1-3-5-6-10-15-13-8-7-12-11-14-9-4-2;1-6-4(7)2-3-5(6)8/h12-13H,3-11H2,1-2H3;2-3H,1H3. The molecule has 0 radical (unpaired) electrons. The van der Waals surface area contributed by atoms with Gasteiger partial charge >= 0.3 is 0 Å². The predicted molar refractivity (Wildman–Crippen MR) is 89.5 cm³/mol. The highest BCUT2D eigenvalue weighted by Gasteiger charge is 2.17. The van der Waals surface area contributed by atoms with Crippen molar-refractivity contribution in [1.29, 1.82) is 0 Å². The SMILES string of the molecule is CCCCCONCCNCOCCC.CN1C(=O)C=CC1=O. The number of amides is 2. The number of nitrogens with one attached hydrogen (secondary N) is 2. The molecule has 2 amide bonds. The van der Waals surface area contributed by atoms with Crippen LogP contribution in [0, 0.1) is 0 Å². The van der Waals surface area contributed by atoms with Gasteiger partial charge in [-0.1, -0.05) is 26.7 Å². The van der Waals surface area contributed by atoms with Crippen molar-refractivity contribution in [3.8, 4) is 0 Å². The molecule has 2 N–H and O–H groups in total. The summed E-state index contributed by atoms with van der Waals surface area (Å²) in [6, 6.07) is 0. The van der Waals surface area contributed by atoms with Gasteiger partial charge < -0.3 is 9.57 Å². The van der Waals surface area contributed by atoms with E-state index in [2.05, 4.69) is 24.6 Å². The van der Waals surface area contributed by atoms with E-state index in [1.54, 1.807) is 0 Å². The molecule has 23 heavy (non-hydrogen) atoms. The van der Waals surface area contributed by atoms with Gasteiger partial charge in [0, 0.05) is 38.9 Å². The molecule has 0 aliphatic carbocycles. The van der Waals surface area contributed by atoms with Crippen LogP contribution in [0.2, 0.25) is 0 Å². The molecule has 0 bridgehead atoms. The predicted octanol–water partition coefficient (Wildman–Crippen LogP) is 1.21. The highest BCUT2D eigenvalue weighted by Crippen LogP contribution is 1.97. The topological polar surface area (TPSA) is 79.9 Å². The molecular formula is C16H31N3O4. The van der Waals surface area contributed by atoms with Crippen molar-refractivity contribution in [2.75, 3.05) is 40.1 Å². The number of carbonyl (C=O) groups is 2. The Labute approximate surface area is 139 Å². The smallest absolute Gasteiger partial charge is 0.253 e. The summed E-state index contributed by atoms with van der Waals surface area (Å²) >= 11 is 0. The summed E-state index contributed by atoms with van der Waals surface area (Å²) in [7, 11) is 1.45. The number of hydrogen-bond donors (Lipinski definition) is 2. The highest BCUT2D eigenvalue weighted by atomic mass is 16.6. The summed E-state index contributed by atoms with van der Waals surface area (Å²) in [5, 5.41) is 3.16. The van der Waals surface area contributed by atoms with Crippen LogP contribution >= 0.6 is 0 Å². The quantitative estimate of drug-likeness (QED) is 0.242. The largest absolute Gasteiger partial charge is 0.366 e. The fourth-order valence-electron chi connectivity index (χ4n) is 1.54. The summed E-state index contributed by atoms with van der Waals surface area (Å²) in [5.41, 5.74) is 2.92. The number of nitrogens with zero attached hydrogens (tertiary/aromatic N) is 1. The number of imide groups is 1. The van der Waals surface area contributed by atoms with Gasteiger partial charge in [0.05, 0.1) is 13.3 Å². The Morgan fingerprint density at radius 2 is 1.70 bits per heavy atom. The molecule has 0 aromatic carbocycles. The first kappa shape index (κ1) is 21.7. The first-order chi connectivity index (χ1) is 11.1. The van der Waals surface area contributed by atoms with Gasteiger partial charge in [0.15, 0.2) is 0 Å². The number of carbonyl (C=O) groups excluding carboxylic acids is 2. The maximum Gasteiger partial charge on any atom is 0.253 e. The minimum Gasteiger partial charge on any atom is -0.366 e. The molecule has 134 valence electrons. The summed E-state index contributed by atoms with van der Waals surface area (Å²) in [6.07, 6.45) is 7.19. The molecule has 1 aliphatic heterocycles. The van der Waals surface area contributed by atoms with Crippen LogP contribution in [-0.4, -0.2) is 56.8 Å². The third-order valence-electron chi connectivity index (χ3n) is 2.94. The minimum absolute atomic E-state index is 0.241. The van der Waals surface area contributed by atoms with Gasteiger partial charge in [-0.15, -0.1) is 0 Å². The second-order valence-electron chi connectivity index (χ2n) is 5.07. The molecule has 0 fully saturated rings. The Bertz CT molecular complexity index is 318. The lowest BCUT2D eigenvalue weighted by Crippen LogP contribution is -2.29. The Morgan fingerprint density at radius 1 is 1.00 bits per heavy atom. The Morgan fingerprint density at radius 3 is 2.22 bits per heavy atom. The van der Waals surface area contributed by atoms with Gasteiger partial charge in [-0.25, -0.2) is 5.48 Å². The van der Waals surface area contributed by atoms with Crippen LogP contribution < -0.4 is 10.8 Å². The molecule has 0 unspecified atom stereocenters. The van der Waals surface area contributed by atoms with Gasteiger partial charge in [-0.3, -0.25) is 19.8 Å². The van der Waals surface area contributed by atoms with E-state index in [0.717, 1.165) is 44.0 Å². The second kappa shape index (κ2) is 15.6. The van der Waals surface area contributed by atoms with Crippen LogP contribution in [0.4, 0.5) is 0 Å². The molecule has 7 nitrogen and oxygen atoms in total. The number of ether oxygens (including phenoxy) is 1. The Kier molecular flexibility index (Phi) is 14.7. The third kappa shape index (κ3) is 12.9. The maximum absolute atomic E-state index is 10.4. The summed E-state index contributed by atoms with van der Waals surface area (Å²) in [4.78, 5) is 27.1. The van der Waals surface area contributed by atoms with E-state index < -0.39 is 0 Å². The van der Waals surface area contributed by atoms with Crippen LogP contribution in [0.25, 0.3) is 0 Å². The third-order valence-corrected chi connectivity index (χ3v) is 2.94. The van der Waals surface area contributed by atoms with Crippen molar-refractivity contribution < 1.29 is 19.2 Å². The molecular weight excluding hydrogens is 298 g/mol. The van der Waals surface area contributed by atoms with Gasteiger partial charge in [-0.2, -0.15) is 0 Å². The second-order valence-corrected chi connectivity index (χ2v) is 5.07. The average Bonchev–Trinajstić information content (AvgIpc) is 2.84. The first-order valence-corrected chi connectivity index (χ1v) is 8.26. The van der Waals surface area contributed by atoms with Crippen LogP contribution in [0.5, 0.6) is 0 Å². The fraction of sp³-hybridized carbons (Fsp3) is 0.750. The van der Waals surface area contributed by atoms with Gasteiger partial charge in [0.1, 0.15) is 0 Å². The molecule has 7 heteroatoms. The lowest BCUT2D eigenvalue weighted by atomic mass is 10.3. The molecule has 0 aromatic heterocycles. The minimum atomic E-state index is -0.241. The zero-order chi connectivity index (χ0) is 17.3. The summed E-state index contributed by atoms with van der Waals surface area (Å²) in [5.74, 6) is -0.481. The zero-order valence-corrected chi connectivity index (χ0v) is 14.6. The Hall–Kier alpha value is -1.28. The molecule has 0 aromatic rings. The van der Waals surface area contributed by atoms with E-state index in [9.17, 15) is 9.59 Å². The maximum atomic E-state index is 10.4. The number of rotatable bonds is 12. The van der Waals surface area contributed by atoms with Crippen molar-refractivity contribution in [1.82, 2.24) is 15.7 Å². The number of hydrogen-bond acceptors (Lipinski definition) is 6. The molecule has 0 saturated heterocycles.